The molecule has 2 aromatic carbocycles. The highest BCUT2D eigenvalue weighted by molar-refractivity contribution is 7.89. The first-order chi connectivity index (χ1) is 12.4. The minimum absolute atomic E-state index is 0.112. The Kier molecular flexibility index (Phi) is 5.37. The van der Waals surface area contributed by atoms with Crippen LogP contribution < -0.4 is 4.72 Å². The van der Waals surface area contributed by atoms with Crippen LogP contribution in [0.2, 0.25) is 0 Å². The van der Waals surface area contributed by atoms with Crippen LogP contribution in [0.15, 0.2) is 47.4 Å². The van der Waals surface area contributed by atoms with Crippen molar-refractivity contribution in [2.24, 2.45) is 0 Å². The van der Waals surface area contributed by atoms with E-state index in [4.69, 9.17) is 5.26 Å². The summed E-state index contributed by atoms with van der Waals surface area (Å²) in [5.41, 5.74) is 1.07. The minimum Gasteiger partial charge on any atom is -0.393 e. The van der Waals surface area contributed by atoms with Crippen LogP contribution >= 0.6 is 0 Å². The number of nitrogens with zero attached hydrogens (tertiary/aromatic N) is 1. The van der Waals surface area contributed by atoms with Crippen LogP contribution in [0.25, 0.3) is 11.1 Å². The van der Waals surface area contributed by atoms with Crippen molar-refractivity contribution in [1.82, 2.24) is 4.72 Å². The van der Waals surface area contributed by atoms with Crippen LogP contribution in [0.4, 0.5) is 4.39 Å². The molecule has 0 aliphatic heterocycles. The zero-order valence-corrected chi connectivity index (χ0v) is 14.8. The summed E-state index contributed by atoms with van der Waals surface area (Å²) in [4.78, 5) is 0.112. The van der Waals surface area contributed by atoms with Gasteiger partial charge >= 0.3 is 0 Å². The van der Waals surface area contributed by atoms with Crippen LogP contribution in [0.5, 0.6) is 0 Å². The van der Waals surface area contributed by atoms with Crippen LogP contribution in [-0.2, 0) is 10.0 Å². The molecular formula is C19H19FN2O3S. The summed E-state index contributed by atoms with van der Waals surface area (Å²) < 4.78 is 41.8. The standard InChI is InChI=1S/C19H19FN2O3S/c20-19-11-13(12-21)1-10-18(19)14-2-8-17(9-3-14)26(24,25)22-15-4-6-16(23)7-5-15/h1-3,8-11,15-16,22-23H,4-7H2. The molecule has 0 unspecified atom stereocenters. The number of nitrogens with one attached hydrogen (secondary N) is 1. The average Bonchev–Trinajstić information content (AvgIpc) is 2.63. The minimum atomic E-state index is -3.67. The van der Waals surface area contributed by atoms with Gasteiger partial charge in [-0.1, -0.05) is 18.2 Å². The van der Waals surface area contributed by atoms with Crippen molar-refractivity contribution in [3.8, 4) is 17.2 Å². The fourth-order valence-corrected chi connectivity index (χ4v) is 4.42. The highest BCUT2D eigenvalue weighted by atomic mass is 32.2. The molecule has 0 atom stereocenters. The Bertz CT molecular complexity index is 928. The Morgan fingerprint density at radius 3 is 2.31 bits per heavy atom. The second kappa shape index (κ2) is 7.54. The Hall–Kier alpha value is -2.27. The fraction of sp³-hybridized carbons (Fsp3) is 0.316. The number of hydrogen-bond acceptors (Lipinski definition) is 4. The zero-order chi connectivity index (χ0) is 18.7. The molecule has 1 fully saturated rings. The summed E-state index contributed by atoms with van der Waals surface area (Å²) in [5.74, 6) is -0.529. The van der Waals surface area contributed by atoms with Crippen LogP contribution in [0.1, 0.15) is 31.2 Å². The molecular weight excluding hydrogens is 355 g/mol. The average molecular weight is 374 g/mol. The summed E-state index contributed by atoms with van der Waals surface area (Å²) >= 11 is 0. The van der Waals surface area contributed by atoms with Gasteiger partial charge in [0.05, 0.1) is 22.6 Å². The fourth-order valence-electron chi connectivity index (χ4n) is 3.11. The van der Waals surface area contributed by atoms with Gasteiger partial charge in [-0.2, -0.15) is 5.26 Å². The van der Waals surface area contributed by atoms with E-state index in [0.717, 1.165) is 6.07 Å². The lowest BCUT2D eigenvalue weighted by atomic mass is 9.94. The molecule has 0 aromatic heterocycles. The number of aliphatic hydroxyl groups excluding tert-OH is 1. The maximum absolute atomic E-state index is 14.1. The van der Waals surface area contributed by atoms with Crippen molar-refractivity contribution in [1.29, 1.82) is 5.26 Å². The van der Waals surface area contributed by atoms with Gasteiger partial charge in [-0.3, -0.25) is 0 Å². The van der Waals surface area contributed by atoms with E-state index in [1.165, 1.54) is 24.3 Å². The van der Waals surface area contributed by atoms with E-state index >= 15 is 0 Å². The number of nitriles is 1. The van der Waals surface area contributed by atoms with Crippen LogP contribution in [0, 0.1) is 17.1 Å². The smallest absolute Gasteiger partial charge is 0.240 e. The van der Waals surface area contributed by atoms with Crippen molar-refractivity contribution in [2.75, 3.05) is 0 Å². The van der Waals surface area contributed by atoms with E-state index < -0.39 is 15.8 Å². The molecule has 136 valence electrons. The van der Waals surface area contributed by atoms with Gasteiger partial charge in [0.1, 0.15) is 5.82 Å². The molecule has 0 spiro atoms. The van der Waals surface area contributed by atoms with E-state index in [2.05, 4.69) is 4.72 Å². The predicted octanol–water partition coefficient (Wildman–Crippen LogP) is 2.95. The van der Waals surface area contributed by atoms with Gasteiger partial charge in [0.15, 0.2) is 0 Å². The molecule has 5 nitrogen and oxygen atoms in total. The van der Waals surface area contributed by atoms with Crippen molar-refractivity contribution in [2.45, 2.75) is 42.7 Å². The van der Waals surface area contributed by atoms with Crippen molar-refractivity contribution in [3.63, 3.8) is 0 Å². The number of rotatable bonds is 4. The van der Waals surface area contributed by atoms with E-state index in [-0.39, 0.29) is 22.6 Å². The second-order valence-electron chi connectivity index (χ2n) is 6.46. The lowest BCUT2D eigenvalue weighted by molar-refractivity contribution is 0.120. The molecule has 7 heteroatoms. The van der Waals surface area contributed by atoms with Crippen molar-refractivity contribution in [3.05, 3.63) is 53.8 Å². The SMILES string of the molecule is N#Cc1ccc(-c2ccc(S(=O)(=O)NC3CCC(O)CC3)cc2)c(F)c1. The van der Waals surface area contributed by atoms with Gasteiger partial charge in [-0.15, -0.1) is 0 Å². The summed E-state index contributed by atoms with van der Waals surface area (Å²) in [6.07, 6.45) is 2.04. The number of benzene rings is 2. The van der Waals surface area contributed by atoms with Gasteiger partial charge in [0, 0.05) is 11.6 Å². The maximum atomic E-state index is 14.1. The largest absolute Gasteiger partial charge is 0.393 e. The zero-order valence-electron chi connectivity index (χ0n) is 14.0. The highest BCUT2D eigenvalue weighted by Gasteiger charge is 2.24. The molecule has 1 aliphatic carbocycles. The molecule has 0 saturated heterocycles. The van der Waals surface area contributed by atoms with Crippen LogP contribution in [0.3, 0.4) is 0 Å². The molecule has 0 amide bonds. The van der Waals surface area contributed by atoms with E-state index in [1.807, 2.05) is 6.07 Å². The Morgan fingerprint density at radius 1 is 1.08 bits per heavy atom. The molecule has 2 N–H and O–H groups in total. The number of aliphatic hydroxyl groups is 1. The summed E-state index contributed by atoms with van der Waals surface area (Å²) in [6, 6.07) is 11.8. The summed E-state index contributed by atoms with van der Waals surface area (Å²) in [6.45, 7) is 0. The Balaban J connectivity index is 1.77. The molecule has 0 radical (unpaired) electrons. The molecule has 2 aromatic rings. The first-order valence-electron chi connectivity index (χ1n) is 8.39. The van der Waals surface area contributed by atoms with Crippen LogP contribution in [-0.4, -0.2) is 25.7 Å². The number of sulfonamides is 1. The van der Waals surface area contributed by atoms with E-state index in [0.29, 0.717) is 36.8 Å². The molecule has 0 bridgehead atoms. The molecule has 1 saturated carbocycles. The topological polar surface area (TPSA) is 90.2 Å². The van der Waals surface area contributed by atoms with Crippen molar-refractivity contribution < 1.29 is 17.9 Å². The summed E-state index contributed by atoms with van der Waals surface area (Å²) in [5, 5.41) is 18.3. The van der Waals surface area contributed by atoms with Gasteiger partial charge in [-0.05, 0) is 55.5 Å². The molecule has 3 rings (SSSR count). The molecule has 1 aliphatic rings. The molecule has 26 heavy (non-hydrogen) atoms. The van der Waals surface area contributed by atoms with Crippen molar-refractivity contribution >= 4 is 10.0 Å². The quantitative estimate of drug-likeness (QED) is 0.861. The van der Waals surface area contributed by atoms with E-state index in [1.54, 1.807) is 12.1 Å². The number of halogens is 1. The third-order valence-electron chi connectivity index (χ3n) is 4.59. The Morgan fingerprint density at radius 2 is 1.73 bits per heavy atom. The predicted molar refractivity (Wildman–Crippen MR) is 95.1 cm³/mol. The van der Waals surface area contributed by atoms with E-state index in [9.17, 15) is 17.9 Å². The summed E-state index contributed by atoms with van der Waals surface area (Å²) in [7, 11) is -3.67. The lowest BCUT2D eigenvalue weighted by Gasteiger charge is -2.26. The third kappa shape index (κ3) is 4.10. The second-order valence-corrected chi connectivity index (χ2v) is 8.17. The highest BCUT2D eigenvalue weighted by Crippen LogP contribution is 2.26. The number of hydrogen-bond donors (Lipinski definition) is 2. The molecule has 0 heterocycles. The first-order valence-corrected chi connectivity index (χ1v) is 9.88. The Labute approximate surface area is 152 Å². The van der Waals surface area contributed by atoms with Gasteiger partial charge in [0.25, 0.3) is 0 Å². The maximum Gasteiger partial charge on any atom is 0.240 e. The third-order valence-corrected chi connectivity index (χ3v) is 6.13. The normalized spacial score (nSPS) is 20.5. The lowest BCUT2D eigenvalue weighted by Crippen LogP contribution is -2.38. The van der Waals surface area contributed by atoms with Gasteiger partial charge in [0.2, 0.25) is 10.0 Å². The van der Waals surface area contributed by atoms with Gasteiger partial charge in [-0.25, -0.2) is 17.5 Å². The monoisotopic (exact) mass is 374 g/mol. The van der Waals surface area contributed by atoms with Gasteiger partial charge < -0.3 is 5.11 Å². The first kappa shape index (κ1) is 18.5.